The van der Waals surface area contributed by atoms with E-state index >= 15 is 0 Å². The molecule has 1 aliphatic heterocycles. The van der Waals surface area contributed by atoms with E-state index < -0.39 is 0 Å². The number of anilines is 2. The Morgan fingerprint density at radius 1 is 0.939 bits per heavy atom. The lowest BCUT2D eigenvalue weighted by molar-refractivity contribution is 0.668. The number of nitrogens with zero attached hydrogens (tertiary/aromatic N) is 2. The highest BCUT2D eigenvalue weighted by molar-refractivity contribution is 7.13. The maximum absolute atomic E-state index is 8.99. The van der Waals surface area contributed by atoms with Gasteiger partial charge in [0.15, 0.2) is 0 Å². The second kappa shape index (κ2) is 11.2. The van der Waals surface area contributed by atoms with E-state index in [1.807, 2.05) is 13.0 Å². The largest absolute Gasteiger partial charge is 0.341 e. The maximum Gasteiger partial charge on any atom is 0.0944 e. The van der Waals surface area contributed by atoms with E-state index in [2.05, 4.69) is 84.6 Å². The van der Waals surface area contributed by atoms with Crippen molar-refractivity contribution in [2.24, 2.45) is 0 Å². The third-order valence-corrected chi connectivity index (χ3v) is 7.20. The molecular formula is C30H32N2S. The summed E-state index contributed by atoms with van der Waals surface area (Å²) in [5, 5.41) is 8.99. The molecule has 0 spiro atoms. The summed E-state index contributed by atoms with van der Waals surface area (Å²) < 4.78 is 0. The molecule has 3 heteroatoms. The van der Waals surface area contributed by atoms with Gasteiger partial charge in [-0.1, -0.05) is 56.5 Å². The average molecular weight is 453 g/mol. The zero-order chi connectivity index (χ0) is 23.0. The molecule has 2 nitrogen and oxygen atoms in total. The van der Waals surface area contributed by atoms with Crippen LogP contribution in [0, 0.1) is 11.3 Å². The van der Waals surface area contributed by atoms with Gasteiger partial charge in [-0.15, -0.1) is 11.3 Å². The summed E-state index contributed by atoms with van der Waals surface area (Å²) in [6.45, 7) is 5.19. The number of allylic oxidation sites excluding steroid dienone is 1. The van der Waals surface area contributed by atoms with Gasteiger partial charge in [-0.05, 0) is 85.4 Å². The van der Waals surface area contributed by atoms with Gasteiger partial charge in [0.2, 0.25) is 0 Å². The van der Waals surface area contributed by atoms with Gasteiger partial charge in [0.05, 0.1) is 6.07 Å². The van der Waals surface area contributed by atoms with Crippen LogP contribution in [0.3, 0.4) is 0 Å². The van der Waals surface area contributed by atoms with Crippen molar-refractivity contribution in [1.29, 1.82) is 5.26 Å². The Kier molecular flexibility index (Phi) is 7.81. The molecule has 0 bridgehead atoms. The third kappa shape index (κ3) is 5.83. The highest BCUT2D eigenvalue weighted by Gasteiger charge is 2.20. The summed E-state index contributed by atoms with van der Waals surface area (Å²) in [5.74, 6) is 0. The fourth-order valence-electron chi connectivity index (χ4n) is 4.45. The number of fused-ring (bicyclic) bond motifs is 2. The zero-order valence-corrected chi connectivity index (χ0v) is 20.5. The number of unbranched alkanes of at least 4 members (excludes halogenated alkanes) is 3. The number of hydrogen-bond donors (Lipinski definition) is 0. The molecule has 1 aromatic heterocycles. The predicted octanol–water partition coefficient (Wildman–Crippen LogP) is 8.66. The van der Waals surface area contributed by atoms with E-state index in [-0.39, 0.29) is 0 Å². The minimum Gasteiger partial charge on any atom is -0.341 e. The normalized spacial score (nSPS) is 13.5. The summed E-state index contributed by atoms with van der Waals surface area (Å²) in [6.07, 6.45) is 13.6. The van der Waals surface area contributed by atoms with E-state index in [1.165, 1.54) is 58.6 Å². The SMILES string of the molecule is CCCCCCN1c2ccccc2CCc2cc(/C=C/c3ccc(/C=C(/C)C#N)s3)ccc21. The van der Waals surface area contributed by atoms with Gasteiger partial charge in [-0.2, -0.15) is 5.26 Å². The molecule has 0 aliphatic carbocycles. The third-order valence-electron chi connectivity index (χ3n) is 6.20. The second-order valence-corrected chi connectivity index (χ2v) is 9.89. The van der Waals surface area contributed by atoms with Crippen LogP contribution in [0.15, 0.2) is 60.2 Å². The van der Waals surface area contributed by atoms with Crippen LogP contribution in [0.25, 0.3) is 18.2 Å². The molecule has 33 heavy (non-hydrogen) atoms. The first kappa shape index (κ1) is 23.1. The first-order valence-electron chi connectivity index (χ1n) is 12.0. The van der Waals surface area contributed by atoms with E-state index in [0.717, 1.165) is 29.8 Å². The van der Waals surface area contributed by atoms with E-state index in [1.54, 1.807) is 11.3 Å². The number of nitriles is 1. The van der Waals surface area contributed by atoms with Crippen LogP contribution in [0.5, 0.6) is 0 Å². The summed E-state index contributed by atoms with van der Waals surface area (Å²) in [7, 11) is 0. The average Bonchev–Trinajstić information content (AvgIpc) is 3.22. The molecule has 0 unspecified atom stereocenters. The molecule has 0 atom stereocenters. The molecule has 1 aliphatic rings. The van der Waals surface area contributed by atoms with E-state index in [0.29, 0.717) is 0 Å². The first-order chi connectivity index (χ1) is 16.2. The Morgan fingerprint density at radius 2 is 1.73 bits per heavy atom. The van der Waals surface area contributed by atoms with Crippen molar-refractivity contribution in [1.82, 2.24) is 0 Å². The van der Waals surface area contributed by atoms with Crippen molar-refractivity contribution in [3.05, 3.63) is 86.6 Å². The molecule has 3 aromatic rings. The summed E-state index contributed by atoms with van der Waals surface area (Å²) in [4.78, 5) is 4.87. The Hall–Kier alpha value is -3.09. The Balaban J connectivity index is 1.57. The second-order valence-electron chi connectivity index (χ2n) is 8.74. The van der Waals surface area contributed by atoms with Crippen molar-refractivity contribution in [2.75, 3.05) is 11.4 Å². The summed E-state index contributed by atoms with van der Waals surface area (Å²) in [6, 6.07) is 22.2. The number of hydrogen-bond acceptors (Lipinski definition) is 3. The van der Waals surface area contributed by atoms with Crippen LogP contribution in [0.1, 0.15) is 66.0 Å². The molecule has 2 aromatic carbocycles. The fraction of sp³-hybridized carbons (Fsp3) is 0.300. The lowest BCUT2D eigenvalue weighted by atomic mass is 10.0. The topological polar surface area (TPSA) is 27.0 Å². The number of thiophene rings is 1. The van der Waals surface area contributed by atoms with Crippen LogP contribution < -0.4 is 4.90 Å². The molecule has 0 saturated carbocycles. The zero-order valence-electron chi connectivity index (χ0n) is 19.7. The summed E-state index contributed by atoms with van der Waals surface area (Å²) in [5.41, 5.74) is 7.60. The fourth-order valence-corrected chi connectivity index (χ4v) is 5.37. The van der Waals surface area contributed by atoms with Gasteiger partial charge < -0.3 is 4.90 Å². The lowest BCUT2D eigenvalue weighted by Crippen LogP contribution is -2.19. The van der Waals surface area contributed by atoms with Crippen LogP contribution in [-0.4, -0.2) is 6.54 Å². The molecule has 0 N–H and O–H groups in total. The van der Waals surface area contributed by atoms with Crippen molar-refractivity contribution in [3.63, 3.8) is 0 Å². The minimum atomic E-state index is 0.735. The van der Waals surface area contributed by atoms with E-state index in [4.69, 9.17) is 5.26 Å². The van der Waals surface area contributed by atoms with Crippen molar-refractivity contribution in [2.45, 2.75) is 52.4 Å². The van der Waals surface area contributed by atoms with Crippen LogP contribution in [0.4, 0.5) is 11.4 Å². The highest BCUT2D eigenvalue weighted by Crippen LogP contribution is 2.37. The van der Waals surface area contributed by atoms with Gasteiger partial charge in [0, 0.05) is 33.2 Å². The van der Waals surface area contributed by atoms with E-state index in [9.17, 15) is 0 Å². The molecule has 0 fully saturated rings. The molecule has 168 valence electrons. The molecule has 0 saturated heterocycles. The number of rotatable bonds is 8. The number of para-hydroxylation sites is 1. The molecule has 0 amide bonds. The van der Waals surface area contributed by atoms with Crippen molar-refractivity contribution >= 4 is 40.9 Å². The Bertz CT molecular complexity index is 1190. The quantitative estimate of drug-likeness (QED) is 0.252. The predicted molar refractivity (Wildman–Crippen MR) is 144 cm³/mol. The Labute approximate surface area is 202 Å². The van der Waals surface area contributed by atoms with Gasteiger partial charge in [0.1, 0.15) is 0 Å². The highest BCUT2D eigenvalue weighted by atomic mass is 32.1. The standard InChI is InChI=1S/C30H32N2S/c1-3-4-5-8-19-32-29-10-7-6-9-25(29)13-14-26-21-24(12-18-30(26)32)11-15-27-16-17-28(33-27)20-23(2)22-31/h6-7,9-12,15-18,20-21H,3-5,8,13-14,19H2,1-2H3/b15-11+,23-20-. The molecule has 4 rings (SSSR count). The maximum atomic E-state index is 8.99. The molecule has 2 heterocycles. The first-order valence-corrected chi connectivity index (χ1v) is 12.8. The Morgan fingerprint density at radius 3 is 2.58 bits per heavy atom. The van der Waals surface area contributed by atoms with Gasteiger partial charge in [-0.25, -0.2) is 0 Å². The van der Waals surface area contributed by atoms with Crippen LogP contribution in [-0.2, 0) is 12.8 Å². The lowest BCUT2D eigenvalue weighted by Gasteiger charge is -2.27. The molecule has 0 radical (unpaired) electrons. The van der Waals surface area contributed by atoms with Crippen LogP contribution in [0.2, 0.25) is 0 Å². The number of benzene rings is 2. The smallest absolute Gasteiger partial charge is 0.0944 e. The number of aryl methyl sites for hydroxylation is 2. The minimum absolute atomic E-state index is 0.735. The van der Waals surface area contributed by atoms with Crippen molar-refractivity contribution in [3.8, 4) is 6.07 Å². The molecular weight excluding hydrogens is 420 g/mol. The monoisotopic (exact) mass is 452 g/mol. The van der Waals surface area contributed by atoms with Crippen molar-refractivity contribution < 1.29 is 0 Å². The summed E-state index contributed by atoms with van der Waals surface area (Å²) >= 11 is 1.71. The van der Waals surface area contributed by atoms with Gasteiger partial charge in [-0.3, -0.25) is 0 Å². The van der Waals surface area contributed by atoms with Crippen LogP contribution >= 0.6 is 11.3 Å². The van der Waals surface area contributed by atoms with Gasteiger partial charge >= 0.3 is 0 Å². The van der Waals surface area contributed by atoms with Gasteiger partial charge in [0.25, 0.3) is 0 Å².